The van der Waals surface area contributed by atoms with Crippen LogP contribution in [0.5, 0.6) is 0 Å². The molecule has 0 aliphatic carbocycles. The Labute approximate surface area is 158 Å². The molecule has 0 radical (unpaired) electrons. The number of benzene rings is 1. The van der Waals surface area contributed by atoms with Crippen LogP contribution in [-0.4, -0.2) is 67.9 Å². The number of piperazine rings is 1. The van der Waals surface area contributed by atoms with Crippen LogP contribution >= 0.6 is 11.3 Å². The van der Waals surface area contributed by atoms with Gasteiger partial charge in [-0.15, -0.1) is 11.3 Å². The van der Waals surface area contributed by atoms with Gasteiger partial charge >= 0.3 is 0 Å². The van der Waals surface area contributed by atoms with Crippen molar-refractivity contribution in [2.75, 3.05) is 37.7 Å². The number of amides is 1. The zero-order chi connectivity index (χ0) is 18.1. The van der Waals surface area contributed by atoms with E-state index in [1.165, 1.54) is 11.3 Å². The second-order valence-electron chi connectivity index (χ2n) is 6.91. The Morgan fingerprint density at radius 2 is 1.77 bits per heavy atom. The molecule has 26 heavy (non-hydrogen) atoms. The Balaban J connectivity index is 1.43. The lowest BCUT2D eigenvalue weighted by Gasteiger charge is -2.37. The van der Waals surface area contributed by atoms with Crippen LogP contribution in [0.4, 0.5) is 0 Å². The number of carbonyl (C=O) groups excluding carboxylic acids is 1. The second-order valence-corrected chi connectivity index (χ2v) is 10.1. The lowest BCUT2D eigenvalue weighted by atomic mass is 10.1. The lowest BCUT2D eigenvalue weighted by molar-refractivity contribution is 0.0593. The first-order chi connectivity index (χ1) is 12.5. The summed E-state index contributed by atoms with van der Waals surface area (Å²) in [4.78, 5) is 17.9. The molecule has 1 aromatic heterocycles. The van der Waals surface area contributed by atoms with Crippen molar-refractivity contribution < 1.29 is 13.2 Å². The van der Waals surface area contributed by atoms with E-state index >= 15 is 0 Å². The van der Waals surface area contributed by atoms with Crippen LogP contribution in [0.15, 0.2) is 41.8 Å². The molecular weight excluding hydrogens is 368 g/mol. The van der Waals surface area contributed by atoms with E-state index in [0.717, 1.165) is 35.5 Å². The van der Waals surface area contributed by atoms with Crippen LogP contribution in [0.25, 0.3) is 11.1 Å². The molecule has 2 fully saturated rings. The summed E-state index contributed by atoms with van der Waals surface area (Å²) in [5, 5.41) is 1.97. The zero-order valence-corrected chi connectivity index (χ0v) is 16.1. The highest BCUT2D eigenvalue weighted by Gasteiger charge is 2.34. The standard InChI is InChI=1S/C19H22N2O3S2/c22-19(18-17(6-12-25-18)15-4-2-1-3-5-15)21-10-8-20(9-11-21)16-7-13-26(23,24)14-16/h1-6,12,16H,7-11,13-14H2/t16-/m1/s1. The molecule has 7 heteroatoms. The third kappa shape index (κ3) is 3.56. The molecule has 4 rings (SSSR count). The number of sulfone groups is 1. The van der Waals surface area contributed by atoms with Gasteiger partial charge in [0.15, 0.2) is 9.84 Å². The average molecular weight is 391 g/mol. The van der Waals surface area contributed by atoms with Crippen LogP contribution in [0.2, 0.25) is 0 Å². The molecule has 2 aromatic rings. The third-order valence-corrected chi connectivity index (χ3v) is 7.92. The molecule has 2 aliphatic rings. The maximum atomic E-state index is 13.0. The predicted octanol–water partition coefficient (Wildman–Crippen LogP) is 2.36. The van der Waals surface area contributed by atoms with E-state index in [4.69, 9.17) is 0 Å². The summed E-state index contributed by atoms with van der Waals surface area (Å²) < 4.78 is 23.4. The molecule has 0 saturated carbocycles. The first-order valence-electron chi connectivity index (χ1n) is 8.90. The zero-order valence-electron chi connectivity index (χ0n) is 14.5. The van der Waals surface area contributed by atoms with Crippen LogP contribution in [-0.2, 0) is 9.84 Å². The second kappa shape index (κ2) is 7.13. The van der Waals surface area contributed by atoms with Gasteiger partial charge < -0.3 is 4.90 Å². The molecule has 1 atom stereocenters. The van der Waals surface area contributed by atoms with Gasteiger partial charge in [-0.2, -0.15) is 0 Å². The van der Waals surface area contributed by atoms with Gasteiger partial charge in [0.25, 0.3) is 5.91 Å². The van der Waals surface area contributed by atoms with Gasteiger partial charge in [-0.1, -0.05) is 30.3 Å². The molecule has 0 N–H and O–H groups in total. The fraction of sp³-hybridized carbons (Fsp3) is 0.421. The van der Waals surface area contributed by atoms with Crippen molar-refractivity contribution in [3.63, 3.8) is 0 Å². The van der Waals surface area contributed by atoms with Crippen LogP contribution in [0.1, 0.15) is 16.1 Å². The van der Waals surface area contributed by atoms with Crippen molar-refractivity contribution in [2.24, 2.45) is 0 Å². The highest BCUT2D eigenvalue weighted by Crippen LogP contribution is 2.30. The maximum absolute atomic E-state index is 13.0. The lowest BCUT2D eigenvalue weighted by Crippen LogP contribution is -2.52. The molecule has 2 aliphatic heterocycles. The summed E-state index contributed by atoms with van der Waals surface area (Å²) in [7, 11) is -2.87. The number of carbonyl (C=O) groups is 1. The number of rotatable bonds is 3. The van der Waals surface area contributed by atoms with Gasteiger partial charge in [0, 0.05) is 37.8 Å². The van der Waals surface area contributed by atoms with Gasteiger partial charge in [-0.05, 0) is 23.4 Å². The third-order valence-electron chi connectivity index (χ3n) is 5.27. The van der Waals surface area contributed by atoms with E-state index in [-0.39, 0.29) is 17.7 Å². The van der Waals surface area contributed by atoms with Crippen LogP contribution < -0.4 is 0 Å². The van der Waals surface area contributed by atoms with E-state index in [1.807, 2.05) is 46.7 Å². The number of hydrogen-bond acceptors (Lipinski definition) is 5. The van der Waals surface area contributed by atoms with Crippen LogP contribution in [0, 0.1) is 0 Å². The summed E-state index contributed by atoms with van der Waals surface area (Å²) in [6.07, 6.45) is 0.722. The van der Waals surface area contributed by atoms with Crippen LogP contribution in [0.3, 0.4) is 0 Å². The molecular formula is C19H22N2O3S2. The van der Waals surface area contributed by atoms with Gasteiger partial charge in [-0.3, -0.25) is 9.69 Å². The molecule has 5 nitrogen and oxygen atoms in total. The number of thiophene rings is 1. The minimum absolute atomic E-state index is 0.0811. The molecule has 0 bridgehead atoms. The van der Waals surface area contributed by atoms with E-state index < -0.39 is 9.84 Å². The number of nitrogens with zero attached hydrogens (tertiary/aromatic N) is 2. The Bertz CT molecular complexity index is 885. The quantitative estimate of drug-likeness (QED) is 0.807. The topological polar surface area (TPSA) is 57.7 Å². The van der Waals surface area contributed by atoms with Gasteiger partial charge in [0.05, 0.1) is 16.4 Å². The minimum Gasteiger partial charge on any atom is -0.335 e. The molecule has 0 spiro atoms. The Kier molecular flexibility index (Phi) is 4.86. The Morgan fingerprint density at radius 3 is 2.42 bits per heavy atom. The first-order valence-corrected chi connectivity index (χ1v) is 11.6. The summed E-state index contributed by atoms with van der Waals surface area (Å²) >= 11 is 1.49. The van der Waals surface area contributed by atoms with Gasteiger partial charge in [-0.25, -0.2) is 8.42 Å². The molecule has 1 amide bonds. The molecule has 3 heterocycles. The van der Waals surface area contributed by atoms with Crippen molar-refractivity contribution in [2.45, 2.75) is 12.5 Å². The first kappa shape index (κ1) is 17.7. The van der Waals surface area contributed by atoms with Crippen molar-refractivity contribution in [3.05, 3.63) is 46.7 Å². The van der Waals surface area contributed by atoms with Crippen molar-refractivity contribution in [1.29, 1.82) is 0 Å². The Hall–Kier alpha value is -1.70. The fourth-order valence-corrected chi connectivity index (χ4v) is 6.46. The molecule has 1 aromatic carbocycles. The van der Waals surface area contributed by atoms with Gasteiger partial charge in [0.1, 0.15) is 0 Å². The van der Waals surface area contributed by atoms with Crippen molar-refractivity contribution in [1.82, 2.24) is 9.80 Å². The van der Waals surface area contributed by atoms with E-state index in [1.54, 1.807) is 0 Å². The molecule has 138 valence electrons. The SMILES string of the molecule is O=C(c1sccc1-c1ccccc1)N1CCN([C@@H]2CCS(=O)(=O)C2)CC1. The predicted molar refractivity (Wildman–Crippen MR) is 104 cm³/mol. The van der Waals surface area contributed by atoms with Crippen molar-refractivity contribution >= 4 is 27.1 Å². The van der Waals surface area contributed by atoms with Crippen molar-refractivity contribution in [3.8, 4) is 11.1 Å². The molecule has 0 unspecified atom stereocenters. The fourth-order valence-electron chi connectivity index (χ4n) is 3.82. The van der Waals surface area contributed by atoms with Gasteiger partial charge in [0.2, 0.25) is 0 Å². The smallest absolute Gasteiger partial charge is 0.264 e. The monoisotopic (exact) mass is 390 g/mol. The minimum atomic E-state index is -2.87. The average Bonchev–Trinajstić information content (AvgIpc) is 3.28. The highest BCUT2D eigenvalue weighted by molar-refractivity contribution is 7.91. The largest absolute Gasteiger partial charge is 0.335 e. The molecule has 2 saturated heterocycles. The normalized spacial score (nSPS) is 23.2. The summed E-state index contributed by atoms with van der Waals surface area (Å²) in [6, 6.07) is 12.1. The highest BCUT2D eigenvalue weighted by atomic mass is 32.2. The number of hydrogen-bond donors (Lipinski definition) is 0. The van der Waals surface area contributed by atoms with E-state index in [9.17, 15) is 13.2 Å². The summed E-state index contributed by atoms with van der Waals surface area (Å²) in [5.74, 6) is 0.647. The summed E-state index contributed by atoms with van der Waals surface area (Å²) in [6.45, 7) is 2.80. The van der Waals surface area contributed by atoms with E-state index in [0.29, 0.717) is 18.8 Å². The Morgan fingerprint density at radius 1 is 1.04 bits per heavy atom. The van der Waals surface area contributed by atoms with E-state index in [2.05, 4.69) is 4.90 Å². The summed E-state index contributed by atoms with van der Waals surface area (Å²) in [5.41, 5.74) is 2.05. The maximum Gasteiger partial charge on any atom is 0.264 e.